The van der Waals surface area contributed by atoms with E-state index in [1.807, 2.05) is 41.6 Å². The van der Waals surface area contributed by atoms with Gasteiger partial charge < -0.3 is 15.4 Å². The van der Waals surface area contributed by atoms with E-state index in [0.717, 1.165) is 130 Å². The molecule has 3 N–H and O–H groups in total. The molecule has 15 nitrogen and oxygen atoms in total. The number of fused-ring (bicyclic) bond motifs is 4. The van der Waals surface area contributed by atoms with Crippen molar-refractivity contribution in [2.75, 3.05) is 6.61 Å². The smallest absolute Gasteiger partial charge is 0.263 e. The summed E-state index contributed by atoms with van der Waals surface area (Å²) in [5, 5.41) is 22.0. The number of H-pyrrole nitrogens is 1. The highest BCUT2D eigenvalue weighted by Crippen LogP contribution is 2.37. The lowest BCUT2D eigenvalue weighted by Gasteiger charge is -2.25. The Bertz CT molecular complexity index is 3130. The maximum absolute atomic E-state index is 13.0. The zero-order valence-corrected chi connectivity index (χ0v) is 40.9. The number of pyridine rings is 4. The number of ether oxygens (including phenoxy) is 1. The largest absolute Gasteiger partial charge is 0.356 e. The highest BCUT2D eigenvalue weighted by molar-refractivity contribution is 7.14. The van der Waals surface area contributed by atoms with E-state index < -0.39 is 0 Å². The van der Waals surface area contributed by atoms with Crippen LogP contribution in [0.3, 0.4) is 0 Å². The van der Waals surface area contributed by atoms with Gasteiger partial charge in [0, 0.05) is 64.1 Å². The van der Waals surface area contributed by atoms with Crippen LogP contribution in [0, 0.1) is 0 Å². The van der Waals surface area contributed by atoms with Gasteiger partial charge in [-0.25, -0.2) is 24.6 Å². The SMILES string of the molecule is CC(C)(C)c1ncc(C(=O)N[C@@H]2CCCc3cc(-c4ccnc5[nH]ncc45)cnc32)s1.CC(C)(C)c1ncc(C(=O)N[C@@H]2CCCc3cc(-c4ccnc5c4cnn5C4CCCCO4)cnc32)s1. The standard InChI is InChI=1S/C28H32N6O2S.C23H24N6OS/c1-28(2,3)27-31-16-22(37-27)26(35)33-21-8-6-7-17-13-18(14-30-24(17)21)19-10-11-29-25-20(19)15-32-34(25)23-9-4-5-12-36-23;1-23(2,3)22-26-12-18(31-22)21(30)28-17-6-4-5-13-9-14(10-25-19(13)17)15-7-8-24-20-16(15)11-27-29-20/h10-11,13-16,21,23H,4-9,12H2,1-3H3,(H,33,35);7-12,17H,4-6H2,1-3H3,(H,28,30)(H,24,27,29)/t21-,23?;17-/m11/s1. The van der Waals surface area contributed by atoms with Crippen LogP contribution in [0.15, 0.2) is 73.8 Å². The first-order valence-corrected chi connectivity index (χ1v) is 25.2. The number of hydrogen-bond acceptors (Lipinski definition) is 13. The molecule has 0 saturated carbocycles. The van der Waals surface area contributed by atoms with Gasteiger partial charge >= 0.3 is 0 Å². The second-order valence-electron chi connectivity index (χ2n) is 19.9. The minimum absolute atomic E-state index is 0.0574. The zero-order valence-electron chi connectivity index (χ0n) is 39.3. The van der Waals surface area contributed by atoms with E-state index in [9.17, 15) is 9.59 Å². The van der Waals surface area contributed by atoms with Crippen LogP contribution in [-0.2, 0) is 28.4 Å². The summed E-state index contributed by atoms with van der Waals surface area (Å²) in [6.07, 6.45) is 23.3. The van der Waals surface area contributed by atoms with E-state index in [4.69, 9.17) is 14.7 Å². The van der Waals surface area contributed by atoms with Crippen molar-refractivity contribution in [2.24, 2.45) is 0 Å². The Morgan fingerprint density at radius 1 is 0.662 bits per heavy atom. The third-order valence-electron chi connectivity index (χ3n) is 12.8. The van der Waals surface area contributed by atoms with Crippen molar-refractivity contribution in [1.29, 1.82) is 0 Å². The molecule has 1 fully saturated rings. The van der Waals surface area contributed by atoms with E-state index >= 15 is 0 Å². The van der Waals surface area contributed by atoms with Crippen molar-refractivity contribution in [2.45, 2.75) is 128 Å². The van der Waals surface area contributed by atoms with Crippen molar-refractivity contribution in [3.8, 4) is 22.3 Å². The predicted molar refractivity (Wildman–Crippen MR) is 265 cm³/mol. The molecule has 8 aromatic heterocycles. The van der Waals surface area contributed by atoms with Crippen LogP contribution in [0.5, 0.6) is 0 Å². The summed E-state index contributed by atoms with van der Waals surface area (Å²) in [6.45, 7) is 13.4. The summed E-state index contributed by atoms with van der Waals surface area (Å²) in [5.41, 5.74) is 9.95. The monoisotopic (exact) mass is 948 g/mol. The van der Waals surface area contributed by atoms with Gasteiger partial charge in [0.05, 0.1) is 58.3 Å². The Kier molecular flexibility index (Phi) is 12.5. The number of nitrogens with one attached hydrogen (secondary N) is 3. The summed E-state index contributed by atoms with van der Waals surface area (Å²) < 4.78 is 7.87. The first-order valence-electron chi connectivity index (χ1n) is 23.5. The number of carbonyl (C=O) groups is 2. The molecular weight excluding hydrogens is 893 g/mol. The molecule has 17 heteroatoms. The molecule has 3 aliphatic rings. The van der Waals surface area contributed by atoms with Crippen LogP contribution in [0.1, 0.15) is 157 Å². The van der Waals surface area contributed by atoms with Crippen LogP contribution in [0.25, 0.3) is 44.3 Å². The van der Waals surface area contributed by atoms with Gasteiger partial charge in [0.25, 0.3) is 11.8 Å². The summed E-state index contributed by atoms with van der Waals surface area (Å²) >= 11 is 2.93. The van der Waals surface area contributed by atoms with E-state index in [2.05, 4.69) is 99.5 Å². The fraction of sp³-hybridized carbons (Fsp3) is 0.412. The number of aromatic amines is 1. The lowest BCUT2D eigenvalue weighted by Crippen LogP contribution is -2.31. The number of aryl methyl sites for hydroxylation is 2. The molecule has 68 heavy (non-hydrogen) atoms. The molecule has 1 unspecified atom stereocenters. The van der Waals surface area contributed by atoms with Crippen LogP contribution in [-0.4, -0.2) is 68.3 Å². The molecule has 9 heterocycles. The van der Waals surface area contributed by atoms with Gasteiger partial charge in [0.2, 0.25) is 0 Å². The van der Waals surface area contributed by atoms with Gasteiger partial charge in [-0.05, 0) is 104 Å². The Balaban J connectivity index is 0.000000161. The number of hydrogen-bond donors (Lipinski definition) is 3. The van der Waals surface area contributed by atoms with Crippen LogP contribution in [0.4, 0.5) is 0 Å². The Morgan fingerprint density at radius 3 is 1.78 bits per heavy atom. The molecule has 1 saturated heterocycles. The first kappa shape index (κ1) is 45.5. The first-order chi connectivity index (χ1) is 32.8. The molecule has 0 spiro atoms. The molecule has 0 radical (unpaired) electrons. The molecular formula is C51H56N12O3S2. The van der Waals surface area contributed by atoms with Gasteiger partial charge in [-0.2, -0.15) is 10.2 Å². The zero-order chi connectivity index (χ0) is 47.2. The van der Waals surface area contributed by atoms with Crippen molar-refractivity contribution < 1.29 is 14.3 Å². The molecule has 2 aliphatic carbocycles. The van der Waals surface area contributed by atoms with E-state index in [0.29, 0.717) is 9.75 Å². The number of nitrogens with zero attached hydrogens (tertiary/aromatic N) is 9. The van der Waals surface area contributed by atoms with Gasteiger partial charge in [0.1, 0.15) is 9.75 Å². The molecule has 1 aliphatic heterocycles. The van der Waals surface area contributed by atoms with Gasteiger partial charge in [-0.1, -0.05) is 41.5 Å². The average Bonchev–Trinajstić information content (AvgIpc) is 4.19. The second kappa shape index (κ2) is 18.7. The minimum Gasteiger partial charge on any atom is -0.356 e. The maximum atomic E-state index is 13.0. The molecule has 0 aromatic carbocycles. The Labute approximate surface area is 403 Å². The van der Waals surface area contributed by atoms with Crippen LogP contribution >= 0.6 is 22.7 Å². The van der Waals surface area contributed by atoms with Gasteiger partial charge in [-0.3, -0.25) is 24.7 Å². The van der Waals surface area contributed by atoms with E-state index in [1.165, 1.54) is 33.8 Å². The number of thiazole rings is 2. The molecule has 2 amide bonds. The number of aromatic nitrogens is 10. The fourth-order valence-electron chi connectivity index (χ4n) is 9.25. The van der Waals surface area contributed by atoms with Crippen molar-refractivity contribution in [1.82, 2.24) is 60.5 Å². The summed E-state index contributed by atoms with van der Waals surface area (Å²) in [4.78, 5) is 54.7. The van der Waals surface area contributed by atoms with Gasteiger partial charge in [0.15, 0.2) is 17.5 Å². The maximum Gasteiger partial charge on any atom is 0.263 e. The fourth-order valence-corrected chi connectivity index (χ4v) is 11.0. The Hall–Kier alpha value is -6.30. The third-order valence-corrected chi connectivity index (χ3v) is 15.6. The summed E-state index contributed by atoms with van der Waals surface area (Å²) in [7, 11) is 0. The summed E-state index contributed by atoms with van der Waals surface area (Å²) in [6, 6.07) is 8.23. The second-order valence-corrected chi connectivity index (χ2v) is 22.0. The number of amides is 2. The van der Waals surface area contributed by atoms with Crippen LogP contribution in [0.2, 0.25) is 0 Å². The molecule has 3 atom stereocenters. The summed E-state index contributed by atoms with van der Waals surface area (Å²) in [5.74, 6) is -0.157. The highest BCUT2D eigenvalue weighted by atomic mass is 32.1. The van der Waals surface area contributed by atoms with Crippen molar-refractivity contribution in [3.05, 3.63) is 116 Å². The van der Waals surface area contributed by atoms with E-state index in [1.54, 1.807) is 24.8 Å². The topological polar surface area (TPSA) is 191 Å². The quantitative estimate of drug-likeness (QED) is 0.138. The predicted octanol–water partition coefficient (Wildman–Crippen LogP) is 10.3. The number of rotatable bonds is 7. The van der Waals surface area contributed by atoms with Crippen molar-refractivity contribution in [3.63, 3.8) is 0 Å². The lowest BCUT2D eigenvalue weighted by atomic mass is 9.90. The minimum atomic E-state index is -0.103. The molecule has 0 bridgehead atoms. The average molecular weight is 949 g/mol. The number of carbonyl (C=O) groups excluding carboxylic acids is 2. The Morgan fingerprint density at radius 2 is 1.24 bits per heavy atom. The van der Waals surface area contributed by atoms with Crippen LogP contribution < -0.4 is 10.6 Å². The lowest BCUT2D eigenvalue weighted by molar-refractivity contribution is -0.0370. The van der Waals surface area contributed by atoms with E-state index in [-0.39, 0.29) is 41.0 Å². The molecule has 11 rings (SSSR count). The van der Waals surface area contributed by atoms with Crippen molar-refractivity contribution >= 4 is 56.6 Å². The third kappa shape index (κ3) is 9.30. The molecule has 8 aromatic rings. The normalized spacial score (nSPS) is 18.4. The van der Waals surface area contributed by atoms with Gasteiger partial charge in [-0.15, -0.1) is 22.7 Å². The highest BCUT2D eigenvalue weighted by Gasteiger charge is 2.29. The molecule has 350 valence electrons.